The average Bonchev–Trinajstić information content (AvgIpc) is 2.97. The minimum absolute atomic E-state index is 0.147. The molecule has 1 fully saturated rings. The molecule has 0 aromatic carbocycles. The summed E-state index contributed by atoms with van der Waals surface area (Å²) in [6.45, 7) is 0.954. The lowest BCUT2D eigenvalue weighted by Gasteiger charge is -2.09. The third kappa shape index (κ3) is 1.76. The molecule has 3 rings (SSSR count). The van der Waals surface area contributed by atoms with Gasteiger partial charge in [-0.15, -0.1) is 0 Å². The van der Waals surface area contributed by atoms with Crippen molar-refractivity contribution in [2.24, 2.45) is 0 Å². The van der Waals surface area contributed by atoms with Gasteiger partial charge in [0.1, 0.15) is 5.82 Å². The fourth-order valence-corrected chi connectivity index (χ4v) is 2.59. The Bertz CT molecular complexity index is 617. The number of carboxylic acid groups (broad SMARTS) is 1. The predicted octanol–water partition coefficient (Wildman–Crippen LogP) is 2.11. The van der Waals surface area contributed by atoms with Gasteiger partial charge >= 0.3 is 5.97 Å². The van der Waals surface area contributed by atoms with Crippen LogP contribution in [0.4, 0.5) is 0 Å². The second-order valence-corrected chi connectivity index (χ2v) is 4.75. The van der Waals surface area contributed by atoms with E-state index < -0.39 is 5.97 Å². The monoisotopic (exact) mass is 265 g/mol. The largest absolute Gasteiger partial charge is 0.478 e. The molecule has 2 aromatic heterocycles. The van der Waals surface area contributed by atoms with E-state index in [1.54, 1.807) is 16.7 Å². The molecule has 5 nitrogen and oxygen atoms in total. The van der Waals surface area contributed by atoms with E-state index in [1.165, 1.54) is 6.07 Å². The van der Waals surface area contributed by atoms with Crippen LogP contribution < -0.4 is 5.32 Å². The number of rotatable bonds is 2. The maximum absolute atomic E-state index is 11.0. The third-order valence-corrected chi connectivity index (χ3v) is 3.52. The Morgan fingerprint density at radius 2 is 2.39 bits per heavy atom. The Morgan fingerprint density at radius 1 is 1.56 bits per heavy atom. The van der Waals surface area contributed by atoms with Gasteiger partial charge in [-0.05, 0) is 31.5 Å². The van der Waals surface area contributed by atoms with Gasteiger partial charge in [-0.25, -0.2) is 9.78 Å². The van der Waals surface area contributed by atoms with Gasteiger partial charge in [-0.1, -0.05) is 11.6 Å². The zero-order valence-electron chi connectivity index (χ0n) is 9.56. The van der Waals surface area contributed by atoms with Gasteiger partial charge in [0, 0.05) is 6.20 Å². The molecule has 94 valence electrons. The smallest absolute Gasteiger partial charge is 0.337 e. The van der Waals surface area contributed by atoms with Crippen LogP contribution in [-0.2, 0) is 0 Å². The van der Waals surface area contributed by atoms with Crippen LogP contribution in [-0.4, -0.2) is 27.0 Å². The first kappa shape index (κ1) is 11.5. The Hall–Kier alpha value is -1.59. The van der Waals surface area contributed by atoms with Crippen LogP contribution in [0.5, 0.6) is 0 Å². The lowest BCUT2D eigenvalue weighted by Crippen LogP contribution is -2.16. The van der Waals surface area contributed by atoms with Crippen molar-refractivity contribution in [3.63, 3.8) is 0 Å². The molecule has 6 heteroatoms. The quantitative estimate of drug-likeness (QED) is 0.873. The standard InChI is InChI=1S/C12H12ClN3O2/c13-10-9-4-3-7(12(17)18)6-16(9)11(15-10)8-2-1-5-14-8/h3-4,6,8,14H,1-2,5H2,(H,17,18). The van der Waals surface area contributed by atoms with Gasteiger partial charge in [-0.3, -0.25) is 4.40 Å². The van der Waals surface area contributed by atoms with E-state index in [-0.39, 0.29) is 11.6 Å². The van der Waals surface area contributed by atoms with E-state index in [0.29, 0.717) is 5.15 Å². The Kier molecular flexibility index (Phi) is 2.72. The highest BCUT2D eigenvalue weighted by atomic mass is 35.5. The number of hydrogen-bond donors (Lipinski definition) is 2. The van der Waals surface area contributed by atoms with Crippen molar-refractivity contribution in [2.75, 3.05) is 6.54 Å². The van der Waals surface area contributed by atoms with Gasteiger partial charge in [-0.2, -0.15) is 0 Å². The molecular weight excluding hydrogens is 254 g/mol. The van der Waals surface area contributed by atoms with E-state index in [1.807, 2.05) is 0 Å². The molecule has 1 unspecified atom stereocenters. The number of fused-ring (bicyclic) bond motifs is 1. The minimum atomic E-state index is -0.952. The number of nitrogens with one attached hydrogen (secondary N) is 1. The minimum Gasteiger partial charge on any atom is -0.478 e. The highest BCUT2D eigenvalue weighted by molar-refractivity contribution is 6.32. The molecule has 0 amide bonds. The number of hydrogen-bond acceptors (Lipinski definition) is 3. The van der Waals surface area contributed by atoms with Gasteiger partial charge in [0.15, 0.2) is 5.15 Å². The van der Waals surface area contributed by atoms with Crippen LogP contribution >= 0.6 is 11.6 Å². The normalized spacial score (nSPS) is 19.5. The first-order chi connectivity index (χ1) is 8.66. The van der Waals surface area contributed by atoms with Gasteiger partial charge < -0.3 is 10.4 Å². The molecule has 1 aliphatic heterocycles. The fraction of sp³-hybridized carbons (Fsp3) is 0.333. The number of imidazole rings is 1. The summed E-state index contributed by atoms with van der Waals surface area (Å²) in [6, 6.07) is 3.38. The van der Waals surface area contributed by atoms with Crippen molar-refractivity contribution in [2.45, 2.75) is 18.9 Å². The highest BCUT2D eigenvalue weighted by Gasteiger charge is 2.22. The van der Waals surface area contributed by atoms with E-state index in [2.05, 4.69) is 10.3 Å². The number of halogens is 1. The van der Waals surface area contributed by atoms with Crippen molar-refractivity contribution in [3.05, 3.63) is 34.9 Å². The van der Waals surface area contributed by atoms with Crippen LogP contribution in [0, 0.1) is 0 Å². The van der Waals surface area contributed by atoms with E-state index in [4.69, 9.17) is 16.7 Å². The molecule has 1 atom stereocenters. The maximum Gasteiger partial charge on any atom is 0.337 e. The van der Waals surface area contributed by atoms with Crippen LogP contribution in [0.1, 0.15) is 35.1 Å². The highest BCUT2D eigenvalue weighted by Crippen LogP contribution is 2.27. The summed E-state index contributed by atoms with van der Waals surface area (Å²) in [5.41, 5.74) is 0.973. The molecular formula is C12H12ClN3O2. The van der Waals surface area contributed by atoms with E-state index in [9.17, 15) is 4.79 Å². The molecule has 0 saturated carbocycles. The maximum atomic E-state index is 11.0. The zero-order valence-corrected chi connectivity index (χ0v) is 10.3. The summed E-state index contributed by atoms with van der Waals surface area (Å²) in [5, 5.41) is 12.8. The van der Waals surface area contributed by atoms with Crippen LogP contribution in [0.3, 0.4) is 0 Å². The van der Waals surface area contributed by atoms with Crippen LogP contribution in [0.2, 0.25) is 5.15 Å². The molecule has 2 aromatic rings. The van der Waals surface area contributed by atoms with Crippen molar-refractivity contribution in [1.29, 1.82) is 0 Å². The molecule has 1 aliphatic rings. The Balaban J connectivity index is 2.18. The lowest BCUT2D eigenvalue weighted by molar-refractivity contribution is 0.0696. The Labute approximate surface area is 108 Å². The summed E-state index contributed by atoms with van der Waals surface area (Å²) in [7, 11) is 0. The predicted molar refractivity (Wildman–Crippen MR) is 67.1 cm³/mol. The molecule has 2 N–H and O–H groups in total. The number of carbonyl (C=O) groups is 1. The molecule has 0 bridgehead atoms. The van der Waals surface area contributed by atoms with Crippen molar-refractivity contribution < 1.29 is 9.90 Å². The molecule has 0 radical (unpaired) electrons. The second kappa shape index (κ2) is 4.26. The summed E-state index contributed by atoms with van der Waals surface area (Å²) < 4.78 is 1.77. The summed E-state index contributed by atoms with van der Waals surface area (Å²) in [4.78, 5) is 15.3. The lowest BCUT2D eigenvalue weighted by atomic mass is 10.2. The first-order valence-corrected chi connectivity index (χ1v) is 6.19. The van der Waals surface area contributed by atoms with Crippen molar-refractivity contribution in [3.8, 4) is 0 Å². The Morgan fingerprint density at radius 3 is 3.06 bits per heavy atom. The van der Waals surface area contributed by atoms with Crippen molar-refractivity contribution in [1.82, 2.24) is 14.7 Å². The van der Waals surface area contributed by atoms with E-state index >= 15 is 0 Å². The van der Waals surface area contributed by atoms with Crippen LogP contribution in [0.25, 0.3) is 5.52 Å². The molecule has 3 heterocycles. The third-order valence-electron chi connectivity index (χ3n) is 3.24. The molecule has 1 saturated heterocycles. The first-order valence-electron chi connectivity index (χ1n) is 5.81. The second-order valence-electron chi connectivity index (χ2n) is 4.39. The summed E-state index contributed by atoms with van der Waals surface area (Å²) in [5.74, 6) is -0.164. The SMILES string of the molecule is O=C(O)c1ccc2c(Cl)nc(C3CCCN3)n2c1. The summed E-state index contributed by atoms with van der Waals surface area (Å²) >= 11 is 6.08. The molecule has 0 spiro atoms. The number of carboxylic acids is 1. The van der Waals surface area contributed by atoms with Crippen molar-refractivity contribution >= 4 is 23.1 Å². The van der Waals surface area contributed by atoms with E-state index in [0.717, 1.165) is 30.7 Å². The summed E-state index contributed by atoms with van der Waals surface area (Å²) in [6.07, 6.45) is 3.66. The topological polar surface area (TPSA) is 66.6 Å². The molecule has 18 heavy (non-hydrogen) atoms. The number of pyridine rings is 1. The number of aromatic carboxylic acids is 1. The van der Waals surface area contributed by atoms with Gasteiger partial charge in [0.05, 0.1) is 17.1 Å². The number of aromatic nitrogens is 2. The molecule has 0 aliphatic carbocycles. The fourth-order valence-electron chi connectivity index (χ4n) is 2.35. The average molecular weight is 266 g/mol. The van der Waals surface area contributed by atoms with Gasteiger partial charge in [0.2, 0.25) is 0 Å². The zero-order chi connectivity index (χ0) is 12.7. The van der Waals surface area contributed by atoms with Crippen LogP contribution in [0.15, 0.2) is 18.3 Å². The van der Waals surface area contributed by atoms with Gasteiger partial charge in [0.25, 0.3) is 0 Å². The number of nitrogens with zero attached hydrogens (tertiary/aromatic N) is 2.